The Labute approximate surface area is 173 Å². The molecule has 154 valence electrons. The second-order valence-electron chi connectivity index (χ2n) is 9.34. The number of carbonyl (C=O) groups excluding carboxylic acids is 1. The van der Waals surface area contributed by atoms with Crippen LogP contribution in [-0.2, 0) is 23.4 Å². The minimum Gasteiger partial charge on any atom is -0.457 e. The lowest BCUT2D eigenvalue weighted by molar-refractivity contribution is -0.121. The van der Waals surface area contributed by atoms with E-state index in [1.54, 1.807) is 0 Å². The molecule has 1 unspecified atom stereocenters. The van der Waals surface area contributed by atoms with Crippen LogP contribution in [0.5, 0.6) is 0 Å². The van der Waals surface area contributed by atoms with Crippen LogP contribution in [0.25, 0.3) is 0 Å². The van der Waals surface area contributed by atoms with Crippen molar-refractivity contribution in [1.29, 1.82) is 0 Å². The fraction of sp³-hybridized carbons (Fsp3) is 0.480. The van der Waals surface area contributed by atoms with E-state index in [2.05, 4.69) is 25.8 Å². The van der Waals surface area contributed by atoms with E-state index in [-0.39, 0.29) is 23.9 Å². The number of carbonyl (C=O) groups is 1. The zero-order valence-corrected chi connectivity index (χ0v) is 17.6. The molecular weight excluding hydrogens is 362 g/mol. The summed E-state index contributed by atoms with van der Waals surface area (Å²) in [6.07, 6.45) is 2.77. The molecule has 4 rings (SSSR count). The van der Waals surface area contributed by atoms with E-state index in [0.717, 1.165) is 49.0 Å². The summed E-state index contributed by atoms with van der Waals surface area (Å²) in [5, 5.41) is 12.0. The fourth-order valence-electron chi connectivity index (χ4n) is 5.19. The molecule has 1 aliphatic carbocycles. The summed E-state index contributed by atoms with van der Waals surface area (Å²) in [4.78, 5) is 15.0. The number of benzene rings is 2. The first-order valence-corrected chi connectivity index (χ1v) is 10.6. The van der Waals surface area contributed by atoms with Crippen molar-refractivity contribution in [3.8, 4) is 0 Å². The van der Waals surface area contributed by atoms with E-state index in [1.807, 2.05) is 48.5 Å². The van der Waals surface area contributed by atoms with Crippen molar-refractivity contribution >= 4 is 5.97 Å². The number of esters is 1. The Bertz CT molecular complexity index is 884. The number of ether oxygens (including phenoxy) is 1. The number of hydrogen-bond acceptors (Lipinski definition) is 4. The molecule has 4 heteroatoms. The normalized spacial score (nSPS) is 24.3. The lowest BCUT2D eigenvalue weighted by atomic mass is 9.65. The molecule has 0 bridgehead atoms. The third kappa shape index (κ3) is 3.60. The van der Waals surface area contributed by atoms with Gasteiger partial charge in [0, 0.05) is 5.41 Å². The van der Waals surface area contributed by atoms with E-state index in [9.17, 15) is 9.90 Å². The molecule has 2 aliphatic rings. The van der Waals surface area contributed by atoms with Gasteiger partial charge in [-0.3, -0.25) is 0 Å². The van der Waals surface area contributed by atoms with Gasteiger partial charge in [0.15, 0.2) is 0 Å². The first kappa shape index (κ1) is 20.1. The van der Waals surface area contributed by atoms with Crippen LogP contribution in [0.3, 0.4) is 0 Å². The van der Waals surface area contributed by atoms with Crippen LogP contribution < -0.4 is 0 Å². The Morgan fingerprint density at radius 3 is 2.52 bits per heavy atom. The topological polar surface area (TPSA) is 49.8 Å². The summed E-state index contributed by atoms with van der Waals surface area (Å²) < 4.78 is 5.53. The summed E-state index contributed by atoms with van der Waals surface area (Å²) >= 11 is 0. The van der Waals surface area contributed by atoms with Crippen LogP contribution in [0, 0.1) is 11.3 Å². The van der Waals surface area contributed by atoms with Gasteiger partial charge < -0.3 is 14.7 Å². The van der Waals surface area contributed by atoms with E-state index in [0.29, 0.717) is 5.56 Å². The zero-order valence-electron chi connectivity index (χ0n) is 17.6. The smallest absolute Gasteiger partial charge is 0.338 e. The molecule has 1 saturated heterocycles. The number of rotatable bonds is 4. The highest BCUT2D eigenvalue weighted by molar-refractivity contribution is 5.90. The van der Waals surface area contributed by atoms with Gasteiger partial charge in [-0.05, 0) is 74.1 Å². The maximum atomic E-state index is 12.7. The molecule has 0 amide bonds. The number of fused-ring (bicyclic) bond motifs is 1. The van der Waals surface area contributed by atoms with Crippen molar-refractivity contribution in [3.63, 3.8) is 0 Å². The van der Waals surface area contributed by atoms with E-state index >= 15 is 0 Å². The summed E-state index contributed by atoms with van der Waals surface area (Å²) in [7, 11) is 2.13. The van der Waals surface area contributed by atoms with Gasteiger partial charge in [-0.2, -0.15) is 0 Å². The van der Waals surface area contributed by atoms with Crippen LogP contribution in [0.15, 0.2) is 48.5 Å². The molecule has 1 fully saturated rings. The molecule has 0 aromatic heterocycles. The Morgan fingerprint density at radius 1 is 1.14 bits per heavy atom. The van der Waals surface area contributed by atoms with Crippen molar-refractivity contribution < 1.29 is 14.6 Å². The molecular formula is C25H31NO3. The van der Waals surface area contributed by atoms with Crippen LogP contribution in [0.2, 0.25) is 0 Å². The predicted octanol–water partition coefficient (Wildman–Crippen LogP) is 4.16. The maximum Gasteiger partial charge on any atom is 0.338 e. The number of aliphatic hydroxyl groups is 1. The Morgan fingerprint density at radius 2 is 1.83 bits per heavy atom. The van der Waals surface area contributed by atoms with Gasteiger partial charge in [-0.15, -0.1) is 0 Å². The minimum atomic E-state index is -0.917. The molecule has 1 N–H and O–H groups in total. The minimum absolute atomic E-state index is 0.200. The third-order valence-corrected chi connectivity index (χ3v) is 6.94. The van der Waals surface area contributed by atoms with Crippen LogP contribution in [0.4, 0.5) is 0 Å². The lowest BCUT2D eigenvalue weighted by Gasteiger charge is -2.46. The molecule has 1 atom stereocenters. The highest BCUT2D eigenvalue weighted by Gasteiger charge is 2.55. The standard InChI is InChI=1S/C25H31NO3/c1-24(2)16-20-10-9-19(23(27)29-17-18-7-5-4-6-8-18)15-22(20)25(24,28)21-11-13-26(3)14-12-21/h4-10,15,21,28H,11-14,16-17H2,1-3H3. The van der Waals surface area contributed by atoms with E-state index in [1.165, 1.54) is 0 Å². The van der Waals surface area contributed by atoms with Gasteiger partial charge in [0.05, 0.1) is 11.2 Å². The molecule has 1 heterocycles. The average Bonchev–Trinajstić information content (AvgIpc) is 2.93. The highest BCUT2D eigenvalue weighted by atomic mass is 16.5. The molecule has 29 heavy (non-hydrogen) atoms. The van der Waals surface area contributed by atoms with Gasteiger partial charge in [0.2, 0.25) is 0 Å². The van der Waals surface area contributed by atoms with Crippen LogP contribution in [-0.4, -0.2) is 36.1 Å². The van der Waals surface area contributed by atoms with Gasteiger partial charge >= 0.3 is 5.97 Å². The molecule has 2 aromatic carbocycles. The fourth-order valence-corrected chi connectivity index (χ4v) is 5.19. The molecule has 4 nitrogen and oxygen atoms in total. The number of hydrogen-bond donors (Lipinski definition) is 1. The maximum absolute atomic E-state index is 12.7. The van der Waals surface area contributed by atoms with Crippen molar-refractivity contribution in [2.45, 2.75) is 45.3 Å². The molecule has 0 radical (unpaired) electrons. The SMILES string of the molecule is CN1CCC(C2(O)c3cc(C(=O)OCc4ccccc4)ccc3CC2(C)C)CC1. The summed E-state index contributed by atoms with van der Waals surface area (Å²) in [6, 6.07) is 15.4. The monoisotopic (exact) mass is 393 g/mol. The van der Waals surface area contributed by atoms with Gasteiger partial charge in [-0.1, -0.05) is 50.2 Å². The lowest BCUT2D eigenvalue weighted by Crippen LogP contribution is -2.49. The molecule has 0 saturated carbocycles. The summed E-state index contributed by atoms with van der Waals surface area (Å²) in [5.41, 5.74) is 2.37. The molecule has 0 spiro atoms. The second-order valence-corrected chi connectivity index (χ2v) is 9.34. The van der Waals surface area contributed by atoms with Crippen LogP contribution >= 0.6 is 0 Å². The number of likely N-dealkylation sites (tertiary alicyclic amines) is 1. The molecule has 2 aromatic rings. The Balaban J connectivity index is 1.59. The Hall–Kier alpha value is -2.17. The highest BCUT2D eigenvalue weighted by Crippen LogP contribution is 2.56. The van der Waals surface area contributed by atoms with Crippen molar-refractivity contribution in [2.75, 3.05) is 20.1 Å². The zero-order chi connectivity index (χ0) is 20.6. The summed E-state index contributed by atoms with van der Waals surface area (Å²) in [6.45, 7) is 6.55. The van der Waals surface area contributed by atoms with Gasteiger partial charge in [-0.25, -0.2) is 4.79 Å². The van der Waals surface area contributed by atoms with E-state index in [4.69, 9.17) is 4.74 Å². The largest absolute Gasteiger partial charge is 0.457 e. The average molecular weight is 394 g/mol. The third-order valence-electron chi connectivity index (χ3n) is 6.94. The number of piperidine rings is 1. The molecule has 1 aliphatic heterocycles. The van der Waals surface area contributed by atoms with E-state index < -0.39 is 5.60 Å². The quantitative estimate of drug-likeness (QED) is 0.793. The second kappa shape index (κ2) is 7.58. The van der Waals surface area contributed by atoms with Crippen LogP contribution in [0.1, 0.15) is 53.7 Å². The van der Waals surface area contributed by atoms with Gasteiger partial charge in [0.25, 0.3) is 0 Å². The van der Waals surface area contributed by atoms with Crippen molar-refractivity contribution in [3.05, 3.63) is 70.8 Å². The van der Waals surface area contributed by atoms with Crippen molar-refractivity contribution in [1.82, 2.24) is 4.90 Å². The summed E-state index contributed by atoms with van der Waals surface area (Å²) in [5.74, 6) is -0.141. The first-order valence-electron chi connectivity index (χ1n) is 10.6. The first-order chi connectivity index (χ1) is 13.8. The van der Waals surface area contributed by atoms with Gasteiger partial charge in [0.1, 0.15) is 6.61 Å². The number of nitrogens with zero attached hydrogens (tertiary/aromatic N) is 1. The van der Waals surface area contributed by atoms with Crippen molar-refractivity contribution in [2.24, 2.45) is 11.3 Å². The Kier molecular flexibility index (Phi) is 5.26. The predicted molar refractivity (Wildman–Crippen MR) is 114 cm³/mol.